The van der Waals surface area contributed by atoms with Crippen molar-refractivity contribution in [2.45, 2.75) is 6.10 Å². The van der Waals surface area contributed by atoms with Crippen LogP contribution in [0.4, 0.5) is 5.69 Å². The Morgan fingerprint density at radius 2 is 1.88 bits per heavy atom. The highest BCUT2D eigenvalue weighted by atomic mass is 35.5. The molecule has 1 aliphatic heterocycles. The first-order valence-electron chi connectivity index (χ1n) is 7.64. The third kappa shape index (κ3) is 3.93. The zero-order chi connectivity index (χ0) is 16.9. The van der Waals surface area contributed by atoms with Gasteiger partial charge in [0, 0.05) is 22.8 Å². The van der Waals surface area contributed by atoms with Gasteiger partial charge in [0.05, 0.1) is 12.6 Å². The minimum atomic E-state index is -0.251. The average molecular weight is 345 g/mol. The second-order valence-electron chi connectivity index (χ2n) is 5.49. The van der Waals surface area contributed by atoms with Crippen molar-refractivity contribution in [3.8, 4) is 0 Å². The van der Waals surface area contributed by atoms with Crippen LogP contribution in [0, 0.1) is 0 Å². The molecule has 0 spiro atoms. The summed E-state index contributed by atoms with van der Waals surface area (Å²) in [4.78, 5) is 25.8. The lowest BCUT2D eigenvalue weighted by Gasteiger charge is -2.32. The van der Waals surface area contributed by atoms with Gasteiger partial charge in [-0.3, -0.25) is 9.59 Å². The summed E-state index contributed by atoms with van der Waals surface area (Å²) in [6, 6.07) is 16.1. The number of benzene rings is 2. The van der Waals surface area contributed by atoms with Crippen LogP contribution >= 0.6 is 11.6 Å². The predicted molar refractivity (Wildman–Crippen MR) is 92.3 cm³/mol. The van der Waals surface area contributed by atoms with Gasteiger partial charge in [-0.25, -0.2) is 0 Å². The Kier molecular flexibility index (Phi) is 5.13. The SMILES string of the molecule is O=C(NCC1CN(c2ccccc2)C(=O)CO1)c1ccc(Cl)cc1. The van der Waals surface area contributed by atoms with Crippen molar-refractivity contribution in [1.29, 1.82) is 0 Å². The molecule has 0 bridgehead atoms. The highest BCUT2D eigenvalue weighted by Gasteiger charge is 2.27. The average Bonchev–Trinajstić information content (AvgIpc) is 2.62. The van der Waals surface area contributed by atoms with Crippen LogP contribution in [-0.2, 0) is 9.53 Å². The first kappa shape index (κ1) is 16.5. The number of ether oxygens (including phenoxy) is 1. The molecule has 1 saturated heterocycles. The first-order chi connectivity index (χ1) is 11.6. The van der Waals surface area contributed by atoms with Gasteiger partial charge in [0.25, 0.3) is 11.8 Å². The Balaban J connectivity index is 1.58. The molecule has 2 amide bonds. The van der Waals surface area contributed by atoms with Gasteiger partial charge >= 0.3 is 0 Å². The van der Waals surface area contributed by atoms with Crippen molar-refractivity contribution in [3.63, 3.8) is 0 Å². The van der Waals surface area contributed by atoms with Crippen molar-refractivity contribution in [1.82, 2.24) is 5.32 Å². The molecule has 3 rings (SSSR count). The number of nitrogens with zero attached hydrogens (tertiary/aromatic N) is 1. The molecule has 2 aromatic rings. The summed E-state index contributed by atoms with van der Waals surface area (Å²) in [5, 5.41) is 3.41. The normalized spacial score (nSPS) is 17.6. The molecule has 2 aromatic carbocycles. The van der Waals surface area contributed by atoms with Gasteiger partial charge in [-0.1, -0.05) is 29.8 Å². The summed E-state index contributed by atoms with van der Waals surface area (Å²) in [5.41, 5.74) is 1.37. The first-order valence-corrected chi connectivity index (χ1v) is 8.02. The van der Waals surface area contributed by atoms with E-state index >= 15 is 0 Å². The van der Waals surface area contributed by atoms with Gasteiger partial charge in [0.1, 0.15) is 6.61 Å². The van der Waals surface area contributed by atoms with Crippen molar-refractivity contribution in [2.24, 2.45) is 0 Å². The van der Waals surface area contributed by atoms with Gasteiger partial charge in [0.2, 0.25) is 0 Å². The van der Waals surface area contributed by atoms with Crippen molar-refractivity contribution >= 4 is 29.1 Å². The molecule has 1 fully saturated rings. The third-order valence-corrected chi connectivity index (χ3v) is 4.05. The summed E-state index contributed by atoms with van der Waals surface area (Å²) >= 11 is 5.81. The van der Waals surface area contributed by atoms with Crippen molar-refractivity contribution in [2.75, 3.05) is 24.6 Å². The van der Waals surface area contributed by atoms with E-state index in [9.17, 15) is 9.59 Å². The Morgan fingerprint density at radius 3 is 2.58 bits per heavy atom. The van der Waals surface area contributed by atoms with E-state index in [1.54, 1.807) is 29.2 Å². The lowest BCUT2D eigenvalue weighted by atomic mass is 10.2. The van der Waals surface area contributed by atoms with Crippen LogP contribution in [0.3, 0.4) is 0 Å². The van der Waals surface area contributed by atoms with E-state index in [1.165, 1.54) is 0 Å². The van der Waals surface area contributed by atoms with Gasteiger partial charge in [-0.15, -0.1) is 0 Å². The van der Waals surface area contributed by atoms with Gasteiger partial charge in [0.15, 0.2) is 0 Å². The lowest BCUT2D eigenvalue weighted by molar-refractivity contribution is -0.129. The molecule has 1 unspecified atom stereocenters. The zero-order valence-electron chi connectivity index (χ0n) is 12.9. The van der Waals surface area contributed by atoms with E-state index in [1.807, 2.05) is 30.3 Å². The summed E-state index contributed by atoms with van der Waals surface area (Å²) in [5.74, 6) is -0.278. The second-order valence-corrected chi connectivity index (χ2v) is 5.93. The molecule has 24 heavy (non-hydrogen) atoms. The summed E-state index contributed by atoms with van der Waals surface area (Å²) in [7, 11) is 0. The van der Waals surface area contributed by atoms with E-state index < -0.39 is 0 Å². The lowest BCUT2D eigenvalue weighted by Crippen LogP contribution is -2.50. The van der Waals surface area contributed by atoms with E-state index in [0.717, 1.165) is 5.69 Å². The third-order valence-electron chi connectivity index (χ3n) is 3.79. The van der Waals surface area contributed by atoms with Crippen LogP contribution in [0.1, 0.15) is 10.4 Å². The summed E-state index contributed by atoms with van der Waals surface area (Å²) < 4.78 is 5.52. The number of hydrogen-bond donors (Lipinski definition) is 1. The van der Waals surface area contributed by atoms with Gasteiger partial charge in [-0.05, 0) is 36.4 Å². The maximum atomic E-state index is 12.1. The quantitative estimate of drug-likeness (QED) is 0.927. The number of anilines is 1. The molecule has 1 atom stereocenters. The van der Waals surface area contributed by atoms with E-state index in [-0.39, 0.29) is 24.5 Å². The fraction of sp³-hybridized carbons (Fsp3) is 0.222. The summed E-state index contributed by atoms with van der Waals surface area (Å²) in [6.07, 6.45) is -0.251. The number of nitrogens with one attached hydrogen (secondary N) is 1. The monoisotopic (exact) mass is 344 g/mol. The summed E-state index contributed by atoms with van der Waals surface area (Å²) in [6.45, 7) is 0.748. The molecule has 124 valence electrons. The van der Waals surface area contributed by atoms with E-state index in [4.69, 9.17) is 16.3 Å². The van der Waals surface area contributed by atoms with Crippen LogP contribution in [-0.4, -0.2) is 37.6 Å². The van der Waals surface area contributed by atoms with Crippen LogP contribution in [0.25, 0.3) is 0 Å². The van der Waals surface area contributed by atoms with Crippen molar-refractivity contribution < 1.29 is 14.3 Å². The number of para-hydroxylation sites is 1. The molecular weight excluding hydrogens is 328 g/mol. The number of carbonyl (C=O) groups excluding carboxylic acids is 2. The number of morpholine rings is 1. The Hall–Kier alpha value is -2.37. The Morgan fingerprint density at radius 1 is 1.17 bits per heavy atom. The zero-order valence-corrected chi connectivity index (χ0v) is 13.7. The maximum Gasteiger partial charge on any atom is 0.253 e. The molecular formula is C18H17ClN2O3. The fourth-order valence-electron chi connectivity index (χ4n) is 2.52. The standard InChI is InChI=1S/C18H17ClN2O3/c19-14-8-6-13(7-9-14)18(23)20-10-16-11-21(17(22)12-24-16)15-4-2-1-3-5-15/h1-9,16H,10-12H2,(H,20,23). The van der Waals surface area contributed by atoms with Crippen LogP contribution in [0.5, 0.6) is 0 Å². The molecule has 6 heteroatoms. The molecule has 1 N–H and O–H groups in total. The molecule has 0 aliphatic carbocycles. The number of hydrogen-bond acceptors (Lipinski definition) is 3. The topological polar surface area (TPSA) is 58.6 Å². The molecule has 0 aromatic heterocycles. The number of halogens is 1. The van der Waals surface area contributed by atoms with Crippen molar-refractivity contribution in [3.05, 3.63) is 65.2 Å². The minimum Gasteiger partial charge on any atom is -0.365 e. The van der Waals surface area contributed by atoms with E-state index in [2.05, 4.69) is 5.32 Å². The van der Waals surface area contributed by atoms with Gasteiger partial charge < -0.3 is 15.0 Å². The van der Waals surface area contributed by atoms with Crippen LogP contribution < -0.4 is 10.2 Å². The number of rotatable bonds is 4. The molecule has 1 heterocycles. The Labute approximate surface area is 145 Å². The molecule has 5 nitrogen and oxygen atoms in total. The van der Waals surface area contributed by atoms with Crippen LogP contribution in [0.2, 0.25) is 5.02 Å². The molecule has 0 saturated carbocycles. The maximum absolute atomic E-state index is 12.1. The Bertz CT molecular complexity index is 719. The molecule has 0 radical (unpaired) electrons. The van der Waals surface area contributed by atoms with Crippen LogP contribution in [0.15, 0.2) is 54.6 Å². The highest BCUT2D eigenvalue weighted by Crippen LogP contribution is 2.18. The minimum absolute atomic E-state index is 0.0103. The largest absolute Gasteiger partial charge is 0.365 e. The highest BCUT2D eigenvalue weighted by molar-refractivity contribution is 6.30. The number of amides is 2. The predicted octanol–water partition coefficient (Wildman–Crippen LogP) is 2.50. The number of carbonyl (C=O) groups is 2. The van der Waals surface area contributed by atoms with E-state index in [0.29, 0.717) is 23.7 Å². The molecule has 1 aliphatic rings. The van der Waals surface area contributed by atoms with Gasteiger partial charge in [-0.2, -0.15) is 0 Å². The fourth-order valence-corrected chi connectivity index (χ4v) is 2.64. The smallest absolute Gasteiger partial charge is 0.253 e. The second kappa shape index (κ2) is 7.47.